The van der Waals surface area contributed by atoms with Crippen LogP contribution in [0.1, 0.15) is 25.3 Å². The molecule has 7 heteroatoms. The van der Waals surface area contributed by atoms with Crippen LogP contribution < -0.4 is 9.47 Å². The Hall–Kier alpha value is -2.80. The van der Waals surface area contributed by atoms with E-state index in [4.69, 9.17) is 18.9 Å². The smallest absolute Gasteiger partial charge is 0.409 e. The minimum atomic E-state index is -0.667. The first kappa shape index (κ1) is 18.6. The molecule has 2 aliphatic heterocycles. The Kier molecular flexibility index (Phi) is 5.09. The SMILES string of the molecule is CCOC(=O)N1CCC2(CC1)OCc1cc(-c3ccc(OC)nc3)ccc1O2. The summed E-state index contributed by atoms with van der Waals surface area (Å²) in [5, 5.41) is 0. The van der Waals surface area contributed by atoms with Crippen molar-refractivity contribution >= 4 is 6.09 Å². The highest BCUT2D eigenvalue weighted by Crippen LogP contribution is 2.39. The number of piperidine rings is 1. The van der Waals surface area contributed by atoms with Crippen LogP contribution in [0.3, 0.4) is 0 Å². The molecule has 1 fully saturated rings. The van der Waals surface area contributed by atoms with Gasteiger partial charge in [0.25, 0.3) is 0 Å². The maximum atomic E-state index is 11.9. The van der Waals surface area contributed by atoms with Gasteiger partial charge in [-0.1, -0.05) is 6.07 Å². The number of rotatable bonds is 3. The van der Waals surface area contributed by atoms with Gasteiger partial charge < -0.3 is 23.8 Å². The Bertz CT molecular complexity index is 844. The van der Waals surface area contributed by atoms with Crippen molar-refractivity contribution in [3.63, 3.8) is 0 Å². The number of fused-ring (bicyclic) bond motifs is 1. The van der Waals surface area contributed by atoms with Crippen molar-refractivity contribution < 1.29 is 23.7 Å². The molecular formula is C21H24N2O5. The van der Waals surface area contributed by atoms with Gasteiger partial charge in [0, 0.05) is 49.3 Å². The second-order valence-electron chi connectivity index (χ2n) is 6.90. The van der Waals surface area contributed by atoms with Crippen molar-refractivity contribution in [3.8, 4) is 22.8 Å². The van der Waals surface area contributed by atoms with Crippen molar-refractivity contribution in [2.45, 2.75) is 32.2 Å². The third kappa shape index (κ3) is 3.62. The quantitative estimate of drug-likeness (QED) is 0.805. The number of carbonyl (C=O) groups excluding carboxylic acids is 1. The number of carbonyl (C=O) groups is 1. The summed E-state index contributed by atoms with van der Waals surface area (Å²) in [5.74, 6) is 0.754. The van der Waals surface area contributed by atoms with Crippen LogP contribution in [0.5, 0.6) is 11.6 Å². The highest BCUT2D eigenvalue weighted by Gasteiger charge is 2.42. The van der Waals surface area contributed by atoms with Crippen LogP contribution in [0.2, 0.25) is 0 Å². The van der Waals surface area contributed by atoms with E-state index in [1.54, 1.807) is 18.2 Å². The van der Waals surface area contributed by atoms with E-state index in [-0.39, 0.29) is 6.09 Å². The molecule has 2 aliphatic rings. The molecule has 1 saturated heterocycles. The zero-order valence-electron chi connectivity index (χ0n) is 16.1. The van der Waals surface area contributed by atoms with Crippen LogP contribution in [-0.4, -0.2) is 48.6 Å². The molecule has 0 atom stereocenters. The maximum Gasteiger partial charge on any atom is 0.409 e. The molecule has 1 spiro atoms. The number of nitrogens with zero attached hydrogens (tertiary/aromatic N) is 2. The molecule has 0 saturated carbocycles. The average molecular weight is 384 g/mol. The van der Waals surface area contributed by atoms with Crippen molar-refractivity contribution in [1.29, 1.82) is 0 Å². The first-order valence-electron chi connectivity index (χ1n) is 9.50. The highest BCUT2D eigenvalue weighted by atomic mass is 16.7. The fraction of sp³-hybridized carbons (Fsp3) is 0.429. The van der Waals surface area contributed by atoms with Crippen LogP contribution >= 0.6 is 0 Å². The van der Waals surface area contributed by atoms with Gasteiger partial charge in [0.15, 0.2) is 0 Å². The van der Waals surface area contributed by atoms with E-state index >= 15 is 0 Å². The summed E-state index contributed by atoms with van der Waals surface area (Å²) < 4.78 is 22.5. The Morgan fingerprint density at radius 3 is 2.68 bits per heavy atom. The predicted molar refractivity (Wildman–Crippen MR) is 102 cm³/mol. The Morgan fingerprint density at radius 1 is 1.21 bits per heavy atom. The van der Waals surface area contributed by atoms with Gasteiger partial charge in [0.2, 0.25) is 11.7 Å². The predicted octanol–water partition coefficient (Wildman–Crippen LogP) is 3.61. The lowest BCUT2D eigenvalue weighted by molar-refractivity contribution is -0.226. The largest absolute Gasteiger partial charge is 0.481 e. The molecule has 0 radical (unpaired) electrons. The van der Waals surface area contributed by atoms with Crippen LogP contribution in [-0.2, 0) is 16.1 Å². The number of hydrogen-bond acceptors (Lipinski definition) is 6. The van der Waals surface area contributed by atoms with Crippen molar-refractivity contribution in [2.24, 2.45) is 0 Å². The molecule has 1 amide bonds. The molecule has 1 aromatic heterocycles. The van der Waals surface area contributed by atoms with E-state index in [9.17, 15) is 4.79 Å². The second-order valence-corrected chi connectivity index (χ2v) is 6.90. The standard InChI is InChI=1S/C21H24N2O5/c1-3-26-20(24)23-10-8-21(9-11-23)27-14-17-12-15(4-6-18(17)28-21)16-5-7-19(25-2)22-13-16/h4-7,12-13H,3,8-11,14H2,1-2H3. The first-order valence-corrected chi connectivity index (χ1v) is 9.50. The van der Waals surface area contributed by atoms with Crippen molar-refractivity contribution in [3.05, 3.63) is 42.1 Å². The molecule has 0 aliphatic carbocycles. The zero-order valence-corrected chi connectivity index (χ0v) is 16.1. The van der Waals surface area contributed by atoms with Gasteiger partial charge in [0.05, 0.1) is 20.3 Å². The van der Waals surface area contributed by atoms with Crippen LogP contribution in [0, 0.1) is 0 Å². The Morgan fingerprint density at radius 2 is 2.00 bits per heavy atom. The number of pyridine rings is 1. The number of likely N-dealkylation sites (tertiary alicyclic amines) is 1. The van der Waals surface area contributed by atoms with E-state index in [1.807, 2.05) is 31.2 Å². The molecule has 0 N–H and O–H groups in total. The van der Waals surface area contributed by atoms with Crippen molar-refractivity contribution in [2.75, 3.05) is 26.8 Å². The van der Waals surface area contributed by atoms with Gasteiger partial charge in [-0.05, 0) is 30.7 Å². The third-order valence-electron chi connectivity index (χ3n) is 5.18. The lowest BCUT2D eigenvalue weighted by Gasteiger charge is -2.43. The van der Waals surface area contributed by atoms with E-state index in [2.05, 4.69) is 11.1 Å². The second kappa shape index (κ2) is 7.67. The molecular weight excluding hydrogens is 360 g/mol. The summed E-state index contributed by atoms with van der Waals surface area (Å²) in [6.07, 6.45) is 2.76. The van der Waals surface area contributed by atoms with E-state index in [1.165, 1.54) is 0 Å². The molecule has 1 aromatic carbocycles. The summed E-state index contributed by atoms with van der Waals surface area (Å²) in [7, 11) is 1.60. The fourth-order valence-corrected chi connectivity index (χ4v) is 3.57. The minimum Gasteiger partial charge on any atom is -0.481 e. The maximum absolute atomic E-state index is 11.9. The summed E-state index contributed by atoms with van der Waals surface area (Å²) >= 11 is 0. The summed E-state index contributed by atoms with van der Waals surface area (Å²) in [6.45, 7) is 3.79. The van der Waals surface area contributed by atoms with E-state index < -0.39 is 5.79 Å². The number of methoxy groups -OCH3 is 1. The Labute approximate surface area is 164 Å². The number of amides is 1. The highest BCUT2D eigenvalue weighted by molar-refractivity contribution is 5.68. The molecule has 28 heavy (non-hydrogen) atoms. The lowest BCUT2D eigenvalue weighted by atomic mass is 10.00. The molecule has 4 rings (SSSR count). The number of aromatic nitrogens is 1. The molecule has 3 heterocycles. The third-order valence-corrected chi connectivity index (χ3v) is 5.18. The number of ether oxygens (including phenoxy) is 4. The number of benzene rings is 1. The van der Waals surface area contributed by atoms with Gasteiger partial charge >= 0.3 is 6.09 Å². The zero-order chi connectivity index (χ0) is 19.6. The van der Waals surface area contributed by atoms with Crippen LogP contribution in [0.4, 0.5) is 4.79 Å². The summed E-state index contributed by atoms with van der Waals surface area (Å²) in [6, 6.07) is 9.89. The van der Waals surface area contributed by atoms with Gasteiger partial charge in [0.1, 0.15) is 5.75 Å². The van der Waals surface area contributed by atoms with Gasteiger partial charge in [-0.3, -0.25) is 0 Å². The van der Waals surface area contributed by atoms with E-state index in [0.717, 1.165) is 22.4 Å². The van der Waals surface area contributed by atoms with Crippen molar-refractivity contribution in [1.82, 2.24) is 9.88 Å². The fourth-order valence-electron chi connectivity index (χ4n) is 3.57. The number of hydrogen-bond donors (Lipinski definition) is 0. The van der Waals surface area contributed by atoms with E-state index in [0.29, 0.717) is 45.0 Å². The summed E-state index contributed by atoms with van der Waals surface area (Å²) in [5.41, 5.74) is 3.06. The average Bonchev–Trinajstić information content (AvgIpc) is 2.74. The summed E-state index contributed by atoms with van der Waals surface area (Å²) in [4.78, 5) is 17.9. The molecule has 2 aromatic rings. The Balaban J connectivity index is 1.45. The lowest BCUT2D eigenvalue weighted by Crippen LogP contribution is -2.52. The van der Waals surface area contributed by atoms with Crippen LogP contribution in [0.15, 0.2) is 36.5 Å². The van der Waals surface area contributed by atoms with Gasteiger partial charge in [-0.25, -0.2) is 9.78 Å². The molecule has 7 nitrogen and oxygen atoms in total. The monoisotopic (exact) mass is 384 g/mol. The van der Waals surface area contributed by atoms with Gasteiger partial charge in [-0.15, -0.1) is 0 Å². The van der Waals surface area contributed by atoms with Gasteiger partial charge in [-0.2, -0.15) is 0 Å². The normalized spacial score (nSPS) is 17.6. The topological polar surface area (TPSA) is 70.1 Å². The first-order chi connectivity index (χ1) is 13.6. The molecule has 0 bridgehead atoms. The molecule has 148 valence electrons. The molecule has 0 unspecified atom stereocenters. The minimum absolute atomic E-state index is 0.272. The van der Waals surface area contributed by atoms with Crippen LogP contribution in [0.25, 0.3) is 11.1 Å².